The van der Waals surface area contributed by atoms with Gasteiger partial charge in [-0.05, 0) is 49.6 Å². The Labute approximate surface area is 126 Å². The molecule has 0 fully saturated rings. The summed E-state index contributed by atoms with van der Waals surface area (Å²) in [7, 11) is 1.71. The molecule has 1 aliphatic heterocycles. The fourth-order valence-corrected chi connectivity index (χ4v) is 3.11. The Morgan fingerprint density at radius 2 is 2.05 bits per heavy atom. The molecule has 2 N–H and O–H groups in total. The molecule has 0 spiro atoms. The third kappa shape index (κ3) is 2.68. The summed E-state index contributed by atoms with van der Waals surface area (Å²) in [6.45, 7) is 3.11. The number of rotatable bonds is 3. The van der Waals surface area contributed by atoms with E-state index in [1.54, 1.807) is 7.11 Å². The number of fused-ring (bicyclic) bond motifs is 1. The van der Waals surface area contributed by atoms with Crippen molar-refractivity contribution < 1.29 is 4.74 Å². The molecule has 0 aliphatic carbocycles. The van der Waals surface area contributed by atoms with Gasteiger partial charge in [0.25, 0.3) is 0 Å². The van der Waals surface area contributed by atoms with Gasteiger partial charge in [0.05, 0.1) is 7.11 Å². The van der Waals surface area contributed by atoms with Crippen LogP contribution >= 0.6 is 0 Å². The van der Waals surface area contributed by atoms with E-state index in [-0.39, 0.29) is 0 Å². The number of hydrogen-bond acceptors (Lipinski definition) is 3. The van der Waals surface area contributed by atoms with E-state index in [1.807, 2.05) is 18.2 Å². The molecule has 2 aromatic rings. The van der Waals surface area contributed by atoms with Gasteiger partial charge >= 0.3 is 0 Å². The molecule has 0 saturated carbocycles. The second kappa shape index (κ2) is 5.68. The lowest BCUT2D eigenvalue weighted by atomic mass is 9.96. The SMILES string of the molecule is COc1ccc(N)cc1CN1c2ccccc2CCC1C. The summed E-state index contributed by atoms with van der Waals surface area (Å²) in [5.41, 5.74) is 10.6. The standard InChI is InChI=1S/C18H22N2O/c1-13-7-8-14-5-3-4-6-17(14)20(13)12-15-11-16(19)9-10-18(15)21-2/h3-6,9-11,13H,7-8,12,19H2,1-2H3. The predicted molar refractivity (Wildman–Crippen MR) is 87.8 cm³/mol. The lowest BCUT2D eigenvalue weighted by molar-refractivity contribution is 0.408. The molecule has 1 heterocycles. The molecule has 0 aromatic heterocycles. The van der Waals surface area contributed by atoms with Gasteiger partial charge in [-0.25, -0.2) is 0 Å². The average Bonchev–Trinajstić information content (AvgIpc) is 2.50. The van der Waals surface area contributed by atoms with Crippen molar-refractivity contribution in [3.63, 3.8) is 0 Å². The predicted octanol–water partition coefficient (Wildman–Crippen LogP) is 3.62. The molecule has 2 aromatic carbocycles. The number of methoxy groups -OCH3 is 1. The number of aryl methyl sites for hydroxylation is 1. The Morgan fingerprint density at radius 1 is 1.24 bits per heavy atom. The Hall–Kier alpha value is -2.16. The first-order valence-electron chi connectivity index (χ1n) is 7.46. The van der Waals surface area contributed by atoms with Crippen LogP contribution in [-0.4, -0.2) is 13.2 Å². The van der Waals surface area contributed by atoms with Crippen molar-refractivity contribution in [2.24, 2.45) is 0 Å². The van der Waals surface area contributed by atoms with Crippen LogP contribution in [0.2, 0.25) is 0 Å². The highest BCUT2D eigenvalue weighted by Crippen LogP contribution is 2.33. The third-order valence-electron chi connectivity index (χ3n) is 4.31. The monoisotopic (exact) mass is 282 g/mol. The van der Waals surface area contributed by atoms with E-state index in [1.165, 1.54) is 17.7 Å². The summed E-state index contributed by atoms with van der Waals surface area (Å²) < 4.78 is 5.48. The van der Waals surface area contributed by atoms with Crippen molar-refractivity contribution in [2.45, 2.75) is 32.4 Å². The highest BCUT2D eigenvalue weighted by atomic mass is 16.5. The molecule has 3 rings (SSSR count). The number of nitrogen functional groups attached to an aromatic ring is 1. The highest BCUT2D eigenvalue weighted by molar-refractivity contribution is 5.58. The smallest absolute Gasteiger partial charge is 0.123 e. The summed E-state index contributed by atoms with van der Waals surface area (Å²) in [4.78, 5) is 2.45. The zero-order valence-corrected chi connectivity index (χ0v) is 12.7. The van der Waals surface area contributed by atoms with Crippen LogP contribution in [0.1, 0.15) is 24.5 Å². The molecule has 21 heavy (non-hydrogen) atoms. The maximum atomic E-state index is 5.94. The van der Waals surface area contributed by atoms with Gasteiger partial charge in [-0.3, -0.25) is 0 Å². The minimum Gasteiger partial charge on any atom is -0.496 e. The van der Waals surface area contributed by atoms with Crippen LogP contribution in [0.15, 0.2) is 42.5 Å². The first kappa shape index (κ1) is 13.8. The summed E-state index contributed by atoms with van der Waals surface area (Å²) >= 11 is 0. The molecule has 0 saturated heterocycles. The largest absolute Gasteiger partial charge is 0.496 e. The first-order chi connectivity index (χ1) is 10.2. The lowest BCUT2D eigenvalue weighted by Crippen LogP contribution is -2.36. The van der Waals surface area contributed by atoms with Crippen molar-refractivity contribution >= 4 is 11.4 Å². The molecule has 110 valence electrons. The van der Waals surface area contributed by atoms with Crippen LogP contribution in [-0.2, 0) is 13.0 Å². The van der Waals surface area contributed by atoms with Gasteiger partial charge in [-0.1, -0.05) is 18.2 Å². The van der Waals surface area contributed by atoms with Crippen molar-refractivity contribution in [1.29, 1.82) is 0 Å². The average molecular weight is 282 g/mol. The Morgan fingerprint density at radius 3 is 2.86 bits per heavy atom. The van der Waals surface area contributed by atoms with E-state index < -0.39 is 0 Å². The van der Waals surface area contributed by atoms with Crippen molar-refractivity contribution in [2.75, 3.05) is 17.7 Å². The van der Waals surface area contributed by atoms with Crippen LogP contribution in [0.5, 0.6) is 5.75 Å². The van der Waals surface area contributed by atoms with Crippen LogP contribution < -0.4 is 15.4 Å². The lowest BCUT2D eigenvalue weighted by Gasteiger charge is -2.37. The maximum absolute atomic E-state index is 5.94. The summed E-state index contributed by atoms with van der Waals surface area (Å²) in [5.74, 6) is 0.902. The zero-order valence-electron chi connectivity index (χ0n) is 12.7. The van der Waals surface area contributed by atoms with E-state index in [2.05, 4.69) is 36.1 Å². The summed E-state index contributed by atoms with van der Waals surface area (Å²) in [6, 6.07) is 15.0. The maximum Gasteiger partial charge on any atom is 0.123 e. The zero-order chi connectivity index (χ0) is 14.8. The van der Waals surface area contributed by atoms with Gasteiger partial charge in [0, 0.05) is 29.5 Å². The molecule has 1 aliphatic rings. The third-order valence-corrected chi connectivity index (χ3v) is 4.31. The number of anilines is 2. The quantitative estimate of drug-likeness (QED) is 0.874. The normalized spacial score (nSPS) is 17.4. The van der Waals surface area contributed by atoms with Crippen molar-refractivity contribution in [1.82, 2.24) is 0 Å². The van der Waals surface area contributed by atoms with Gasteiger partial charge in [-0.2, -0.15) is 0 Å². The topological polar surface area (TPSA) is 38.5 Å². The molecule has 0 bridgehead atoms. The molecule has 0 radical (unpaired) electrons. The van der Waals surface area contributed by atoms with Crippen LogP contribution in [0.3, 0.4) is 0 Å². The van der Waals surface area contributed by atoms with Crippen LogP contribution in [0, 0.1) is 0 Å². The van der Waals surface area contributed by atoms with Crippen molar-refractivity contribution in [3.8, 4) is 5.75 Å². The second-order valence-electron chi connectivity index (χ2n) is 5.72. The van der Waals surface area contributed by atoms with Crippen LogP contribution in [0.25, 0.3) is 0 Å². The molecule has 0 amide bonds. The van der Waals surface area contributed by atoms with Gasteiger partial charge in [0.15, 0.2) is 0 Å². The van der Waals surface area contributed by atoms with Gasteiger partial charge in [-0.15, -0.1) is 0 Å². The molecule has 1 atom stereocenters. The number of benzene rings is 2. The number of para-hydroxylation sites is 1. The number of ether oxygens (including phenoxy) is 1. The Bertz CT molecular complexity index is 639. The molecular weight excluding hydrogens is 260 g/mol. The Kier molecular flexibility index (Phi) is 3.74. The minimum absolute atomic E-state index is 0.519. The summed E-state index contributed by atoms with van der Waals surface area (Å²) in [6.07, 6.45) is 2.34. The van der Waals surface area contributed by atoms with Crippen LogP contribution in [0.4, 0.5) is 11.4 Å². The highest BCUT2D eigenvalue weighted by Gasteiger charge is 2.23. The van der Waals surface area contributed by atoms with Crippen molar-refractivity contribution in [3.05, 3.63) is 53.6 Å². The van der Waals surface area contributed by atoms with E-state index in [9.17, 15) is 0 Å². The van der Waals surface area contributed by atoms with E-state index in [4.69, 9.17) is 10.5 Å². The Balaban J connectivity index is 1.96. The van der Waals surface area contributed by atoms with Gasteiger partial charge in [0.2, 0.25) is 0 Å². The number of nitrogens with zero attached hydrogens (tertiary/aromatic N) is 1. The number of hydrogen-bond donors (Lipinski definition) is 1. The van der Waals surface area contributed by atoms with Gasteiger partial charge < -0.3 is 15.4 Å². The first-order valence-corrected chi connectivity index (χ1v) is 7.46. The number of nitrogens with two attached hydrogens (primary N) is 1. The molecular formula is C18H22N2O. The molecule has 3 nitrogen and oxygen atoms in total. The molecule has 1 unspecified atom stereocenters. The minimum atomic E-state index is 0.519. The van der Waals surface area contributed by atoms with E-state index >= 15 is 0 Å². The second-order valence-corrected chi connectivity index (χ2v) is 5.72. The fraction of sp³-hybridized carbons (Fsp3) is 0.333. The molecule has 3 heteroatoms. The van der Waals surface area contributed by atoms with E-state index in [0.717, 1.165) is 30.0 Å². The van der Waals surface area contributed by atoms with E-state index in [0.29, 0.717) is 6.04 Å². The summed E-state index contributed by atoms with van der Waals surface area (Å²) in [5, 5.41) is 0. The fourth-order valence-electron chi connectivity index (χ4n) is 3.11. The van der Waals surface area contributed by atoms with Gasteiger partial charge in [0.1, 0.15) is 5.75 Å².